The molecule has 134 valence electrons. The van der Waals surface area contributed by atoms with Crippen LogP contribution in [0, 0.1) is 5.92 Å². The van der Waals surface area contributed by atoms with Crippen LogP contribution in [0.1, 0.15) is 5.76 Å². The number of nitrogens with one attached hydrogen (secondary N) is 2. The molecule has 3 rings (SSSR count). The topological polar surface area (TPSA) is 113 Å². The van der Waals surface area contributed by atoms with E-state index in [1.807, 2.05) is 0 Å². The van der Waals surface area contributed by atoms with Gasteiger partial charge >= 0.3 is 6.03 Å². The van der Waals surface area contributed by atoms with Gasteiger partial charge in [0, 0.05) is 6.21 Å². The van der Waals surface area contributed by atoms with Gasteiger partial charge in [0.2, 0.25) is 11.8 Å². The lowest BCUT2D eigenvalue weighted by Gasteiger charge is -2.27. The Bertz CT molecular complexity index is 651. The quantitative estimate of drug-likeness (QED) is 0.375. The summed E-state index contributed by atoms with van der Waals surface area (Å²) in [6.45, 7) is 5.86. The maximum Gasteiger partial charge on any atom is 0.331 e. The predicted octanol–water partition coefficient (Wildman–Crippen LogP) is -2.99. The number of furan rings is 1. The van der Waals surface area contributed by atoms with Gasteiger partial charge in [-0.1, -0.05) is 0 Å². The number of nitrogens with two attached hydrogens (primary N) is 1. The summed E-state index contributed by atoms with van der Waals surface area (Å²) < 4.78 is 5.16. The third kappa shape index (κ3) is 4.31. The number of rotatable bonds is 6. The lowest BCUT2D eigenvalue weighted by atomic mass is 10.1. The molecule has 2 fully saturated rings. The fourth-order valence-electron chi connectivity index (χ4n) is 3.00. The van der Waals surface area contributed by atoms with Crippen LogP contribution in [0.25, 0.3) is 0 Å². The molecule has 2 aliphatic heterocycles. The van der Waals surface area contributed by atoms with Crippen molar-refractivity contribution in [3.05, 3.63) is 24.2 Å². The van der Waals surface area contributed by atoms with Crippen LogP contribution < -0.4 is 15.5 Å². The van der Waals surface area contributed by atoms with E-state index in [2.05, 4.69) is 15.6 Å². The maximum absolute atomic E-state index is 12.5. The number of amides is 4. The second-order valence-corrected chi connectivity index (χ2v) is 6.20. The fourth-order valence-corrected chi connectivity index (χ4v) is 3.00. The van der Waals surface area contributed by atoms with E-state index < -0.39 is 23.8 Å². The van der Waals surface area contributed by atoms with E-state index in [1.165, 1.54) is 17.4 Å². The number of hydrogen-bond donors (Lipinski definition) is 3. The molecule has 0 spiro atoms. The van der Waals surface area contributed by atoms with Gasteiger partial charge in [-0.25, -0.2) is 4.79 Å². The number of nitrogens with zero attached hydrogens (tertiary/aromatic N) is 2. The summed E-state index contributed by atoms with van der Waals surface area (Å²) in [5, 5.41) is 4.49. The van der Waals surface area contributed by atoms with Crippen LogP contribution in [0.2, 0.25) is 0 Å². The van der Waals surface area contributed by atoms with Crippen LogP contribution in [0.4, 0.5) is 4.79 Å². The number of piperazine rings is 1. The Kier molecular flexibility index (Phi) is 5.56. The molecule has 0 saturated carbocycles. The molecule has 9 heteroatoms. The molecular formula is C16H23N5O4+2. The van der Waals surface area contributed by atoms with Gasteiger partial charge in [-0.15, -0.1) is 0 Å². The van der Waals surface area contributed by atoms with E-state index in [0.717, 1.165) is 37.6 Å². The number of barbiturate groups is 1. The fraction of sp³-hybridized carbons (Fsp3) is 0.500. The number of urea groups is 1. The first-order valence-corrected chi connectivity index (χ1v) is 8.49. The van der Waals surface area contributed by atoms with Crippen LogP contribution in [-0.2, 0) is 16.1 Å². The molecule has 0 aliphatic carbocycles. The van der Waals surface area contributed by atoms with Gasteiger partial charge in [0.05, 0.1) is 25.9 Å². The van der Waals surface area contributed by atoms with E-state index in [0.29, 0.717) is 12.3 Å². The molecule has 25 heavy (non-hydrogen) atoms. The van der Waals surface area contributed by atoms with Gasteiger partial charge in [0.1, 0.15) is 31.9 Å². The zero-order valence-corrected chi connectivity index (χ0v) is 13.9. The molecule has 0 bridgehead atoms. The highest BCUT2D eigenvalue weighted by Crippen LogP contribution is 2.13. The van der Waals surface area contributed by atoms with Crippen LogP contribution >= 0.6 is 0 Å². The second kappa shape index (κ2) is 8.04. The highest BCUT2D eigenvalue weighted by molar-refractivity contribution is 6.23. The Morgan fingerprint density at radius 2 is 2.16 bits per heavy atom. The standard InChI is InChI=1S/C16H21N5O4/c22-14-13(10-18-5-8-20-6-3-17-4-7-20)15(23)21(16(24)19-14)11-12-2-1-9-25-12/h1-2,9-10,13,17H,3-8,11H2,(H,19,22,24)/p+2/t13-/m1/s1. The summed E-state index contributed by atoms with van der Waals surface area (Å²) in [5.74, 6) is -1.81. The first-order chi connectivity index (χ1) is 12.1. The highest BCUT2D eigenvalue weighted by Gasteiger charge is 2.39. The molecule has 4 N–H and O–H groups in total. The lowest BCUT2D eigenvalue weighted by Crippen LogP contribution is -3.20. The van der Waals surface area contributed by atoms with Gasteiger partial charge < -0.3 is 14.6 Å². The van der Waals surface area contributed by atoms with Crippen molar-refractivity contribution >= 4 is 24.1 Å². The highest BCUT2D eigenvalue weighted by atomic mass is 16.3. The molecule has 0 radical (unpaired) electrons. The molecule has 3 heterocycles. The number of carbonyl (C=O) groups excluding carboxylic acids is 3. The molecule has 1 atom stereocenters. The van der Waals surface area contributed by atoms with Crippen molar-refractivity contribution in [2.45, 2.75) is 6.54 Å². The Balaban J connectivity index is 1.57. The zero-order chi connectivity index (χ0) is 17.6. The SMILES string of the molecule is O=C1NC(=O)N(Cc2ccco2)C(=O)[C@@H]1C=NCC[NH+]1CC[NH2+]CC1. The van der Waals surface area contributed by atoms with Gasteiger partial charge in [-0.3, -0.25) is 24.8 Å². The molecule has 4 amide bonds. The molecule has 1 aromatic heterocycles. The van der Waals surface area contributed by atoms with Crippen molar-refractivity contribution in [1.29, 1.82) is 0 Å². The van der Waals surface area contributed by atoms with Crippen LogP contribution in [0.5, 0.6) is 0 Å². The van der Waals surface area contributed by atoms with Crippen molar-refractivity contribution in [3.63, 3.8) is 0 Å². The van der Waals surface area contributed by atoms with Crippen molar-refractivity contribution < 1.29 is 29.0 Å². The van der Waals surface area contributed by atoms with Crippen molar-refractivity contribution in [2.75, 3.05) is 39.3 Å². The van der Waals surface area contributed by atoms with E-state index in [9.17, 15) is 14.4 Å². The summed E-state index contributed by atoms with van der Waals surface area (Å²) in [7, 11) is 0. The minimum absolute atomic E-state index is 0.0102. The summed E-state index contributed by atoms with van der Waals surface area (Å²) in [5.41, 5.74) is 0. The van der Waals surface area contributed by atoms with Crippen molar-refractivity contribution in [1.82, 2.24) is 10.2 Å². The van der Waals surface area contributed by atoms with Crippen LogP contribution in [-0.4, -0.2) is 68.2 Å². The molecule has 2 aliphatic rings. The first-order valence-electron chi connectivity index (χ1n) is 8.49. The Morgan fingerprint density at radius 3 is 2.88 bits per heavy atom. The van der Waals surface area contributed by atoms with E-state index in [1.54, 1.807) is 12.1 Å². The van der Waals surface area contributed by atoms with E-state index >= 15 is 0 Å². The van der Waals surface area contributed by atoms with E-state index in [-0.39, 0.29) is 6.54 Å². The maximum atomic E-state index is 12.5. The summed E-state index contributed by atoms with van der Waals surface area (Å²) in [6.07, 6.45) is 2.82. The molecule has 0 aromatic carbocycles. The Labute approximate surface area is 145 Å². The number of hydrogen-bond acceptors (Lipinski definition) is 5. The largest absolute Gasteiger partial charge is 0.467 e. The number of carbonyl (C=O) groups is 3. The van der Waals surface area contributed by atoms with Crippen molar-refractivity contribution in [3.8, 4) is 0 Å². The summed E-state index contributed by atoms with van der Waals surface area (Å²) in [4.78, 5) is 43.0. The smallest absolute Gasteiger partial charge is 0.331 e. The van der Waals surface area contributed by atoms with Crippen molar-refractivity contribution in [2.24, 2.45) is 10.9 Å². The Morgan fingerprint density at radius 1 is 1.36 bits per heavy atom. The lowest BCUT2D eigenvalue weighted by molar-refractivity contribution is -0.945. The third-order valence-electron chi connectivity index (χ3n) is 4.44. The van der Waals surface area contributed by atoms with E-state index in [4.69, 9.17) is 4.42 Å². The molecule has 9 nitrogen and oxygen atoms in total. The minimum atomic E-state index is -1.07. The summed E-state index contributed by atoms with van der Waals surface area (Å²) >= 11 is 0. The normalized spacial score (nSPS) is 22.6. The second-order valence-electron chi connectivity index (χ2n) is 6.20. The zero-order valence-electron chi connectivity index (χ0n) is 13.9. The third-order valence-corrected chi connectivity index (χ3v) is 4.44. The van der Waals surface area contributed by atoms with Gasteiger partial charge in [0.25, 0.3) is 0 Å². The number of imide groups is 2. The molecular weight excluding hydrogens is 326 g/mol. The van der Waals surface area contributed by atoms with Gasteiger partial charge in [-0.05, 0) is 12.1 Å². The molecule has 0 unspecified atom stereocenters. The average Bonchev–Trinajstić information content (AvgIpc) is 3.12. The van der Waals surface area contributed by atoms with Gasteiger partial charge in [-0.2, -0.15) is 0 Å². The van der Waals surface area contributed by atoms with Crippen LogP contribution in [0.3, 0.4) is 0 Å². The van der Waals surface area contributed by atoms with Crippen LogP contribution in [0.15, 0.2) is 27.8 Å². The average molecular weight is 349 g/mol. The van der Waals surface area contributed by atoms with Gasteiger partial charge in [0.15, 0.2) is 5.92 Å². The monoisotopic (exact) mass is 349 g/mol. The Hall–Kier alpha value is -2.52. The predicted molar refractivity (Wildman–Crippen MR) is 86.9 cm³/mol. The number of aliphatic imine (C=N–C) groups is 1. The molecule has 2 saturated heterocycles. The first kappa shape index (κ1) is 17.3. The number of quaternary nitrogens is 2. The minimum Gasteiger partial charge on any atom is -0.467 e. The molecule has 1 aromatic rings. The summed E-state index contributed by atoms with van der Waals surface area (Å²) in [6, 6.07) is 2.61.